The minimum Gasteiger partial charge on any atom is -0.465 e. The lowest BCUT2D eigenvalue weighted by Crippen LogP contribution is -2.20. The number of nitrogens with zero attached hydrogens (tertiary/aromatic N) is 2. The molecule has 10 heteroatoms. The van der Waals surface area contributed by atoms with Gasteiger partial charge in [-0.2, -0.15) is 0 Å². The molecule has 7 nitrogen and oxygen atoms in total. The number of hydrogen-bond acceptors (Lipinski definition) is 6. The predicted molar refractivity (Wildman–Crippen MR) is 53.7 cm³/mol. The van der Waals surface area contributed by atoms with Gasteiger partial charge in [-0.05, 0) is 6.92 Å². The number of halogens is 3. The molecule has 0 bridgehead atoms. The van der Waals surface area contributed by atoms with Gasteiger partial charge in [0.1, 0.15) is 0 Å². The van der Waals surface area contributed by atoms with Crippen molar-refractivity contribution in [2.45, 2.75) is 13.3 Å². The van der Waals surface area contributed by atoms with Crippen LogP contribution in [0, 0.1) is 17.0 Å². The van der Waals surface area contributed by atoms with Crippen molar-refractivity contribution in [2.24, 2.45) is 0 Å². The highest BCUT2D eigenvalue weighted by Crippen LogP contribution is 2.35. The second kappa shape index (κ2) is 5.08. The van der Waals surface area contributed by atoms with Crippen LogP contribution in [0.1, 0.15) is 16.1 Å². The standard InChI is InChI=1S/C9H7F3N2O5/c1-4-6(8(15)18-2)7(14(16)17)5(3-13-4)19-9(10,11)12/h3H,1-2H3. The van der Waals surface area contributed by atoms with Crippen LogP contribution in [0.15, 0.2) is 6.20 Å². The number of aryl methyl sites for hydroxylation is 1. The van der Waals surface area contributed by atoms with Crippen LogP contribution < -0.4 is 4.74 Å². The number of hydrogen-bond donors (Lipinski definition) is 0. The minimum absolute atomic E-state index is 0.145. The molecule has 0 N–H and O–H groups in total. The smallest absolute Gasteiger partial charge is 0.465 e. The summed E-state index contributed by atoms with van der Waals surface area (Å²) in [6.45, 7) is 1.22. The van der Waals surface area contributed by atoms with E-state index in [-0.39, 0.29) is 5.69 Å². The molecular weight excluding hydrogens is 273 g/mol. The Morgan fingerprint density at radius 3 is 2.47 bits per heavy atom. The molecule has 0 spiro atoms. The fourth-order valence-electron chi connectivity index (χ4n) is 1.30. The van der Waals surface area contributed by atoms with Gasteiger partial charge in [0, 0.05) is 0 Å². The van der Waals surface area contributed by atoms with E-state index in [9.17, 15) is 28.1 Å². The molecule has 1 aromatic heterocycles. The van der Waals surface area contributed by atoms with E-state index in [0.29, 0.717) is 6.20 Å². The summed E-state index contributed by atoms with van der Waals surface area (Å²) >= 11 is 0. The summed E-state index contributed by atoms with van der Waals surface area (Å²) in [5.41, 5.74) is -1.97. The highest BCUT2D eigenvalue weighted by atomic mass is 19.4. The molecule has 0 saturated heterocycles. The molecule has 104 valence electrons. The van der Waals surface area contributed by atoms with Gasteiger partial charge in [0.2, 0.25) is 5.75 Å². The van der Waals surface area contributed by atoms with Gasteiger partial charge in [0.05, 0.1) is 23.9 Å². The van der Waals surface area contributed by atoms with Crippen LogP contribution in [0.4, 0.5) is 18.9 Å². The summed E-state index contributed by atoms with van der Waals surface area (Å²) in [5, 5.41) is 10.8. The second-order valence-electron chi connectivity index (χ2n) is 3.23. The Balaban J connectivity index is 3.50. The molecule has 19 heavy (non-hydrogen) atoms. The highest BCUT2D eigenvalue weighted by molar-refractivity contribution is 5.96. The second-order valence-corrected chi connectivity index (χ2v) is 3.23. The van der Waals surface area contributed by atoms with Crippen molar-refractivity contribution in [3.05, 3.63) is 27.6 Å². The number of ether oxygens (including phenoxy) is 2. The Hall–Kier alpha value is -2.39. The third-order valence-corrected chi connectivity index (χ3v) is 2.01. The van der Waals surface area contributed by atoms with Crippen LogP contribution in [0.25, 0.3) is 0 Å². The number of carbonyl (C=O) groups excluding carboxylic acids is 1. The number of aromatic nitrogens is 1. The van der Waals surface area contributed by atoms with Crippen LogP contribution in [-0.2, 0) is 4.74 Å². The number of pyridine rings is 1. The van der Waals surface area contributed by atoms with Crippen LogP contribution in [0.2, 0.25) is 0 Å². The summed E-state index contributed by atoms with van der Waals surface area (Å²) < 4.78 is 44.1. The Bertz CT molecular complexity index is 529. The number of rotatable bonds is 3. The highest BCUT2D eigenvalue weighted by Gasteiger charge is 2.38. The van der Waals surface area contributed by atoms with E-state index in [1.54, 1.807) is 0 Å². The largest absolute Gasteiger partial charge is 0.573 e. The summed E-state index contributed by atoms with van der Waals surface area (Å²) in [5.74, 6) is -2.35. The van der Waals surface area contributed by atoms with E-state index in [1.807, 2.05) is 0 Å². The van der Waals surface area contributed by atoms with Crippen LogP contribution >= 0.6 is 0 Å². The van der Waals surface area contributed by atoms with Gasteiger partial charge in [0.25, 0.3) is 0 Å². The normalized spacial score (nSPS) is 11.0. The van der Waals surface area contributed by atoms with E-state index in [0.717, 1.165) is 7.11 Å². The van der Waals surface area contributed by atoms with Gasteiger partial charge in [0.15, 0.2) is 5.56 Å². The van der Waals surface area contributed by atoms with Crippen LogP contribution in [-0.4, -0.2) is 29.3 Å². The molecule has 0 fully saturated rings. The summed E-state index contributed by atoms with van der Waals surface area (Å²) in [7, 11) is 0.933. The van der Waals surface area contributed by atoms with Crippen LogP contribution in [0.3, 0.4) is 0 Å². The Morgan fingerprint density at radius 1 is 1.47 bits per heavy atom. The first-order chi connectivity index (χ1) is 8.67. The molecule has 1 aromatic rings. The van der Waals surface area contributed by atoms with Gasteiger partial charge in [-0.3, -0.25) is 15.1 Å². The van der Waals surface area contributed by atoms with E-state index in [4.69, 9.17) is 0 Å². The monoisotopic (exact) mass is 280 g/mol. The molecule has 0 saturated carbocycles. The molecule has 0 unspecified atom stereocenters. The number of carbonyl (C=O) groups is 1. The summed E-state index contributed by atoms with van der Waals surface area (Å²) in [6, 6.07) is 0. The third kappa shape index (κ3) is 3.30. The lowest BCUT2D eigenvalue weighted by molar-refractivity contribution is -0.389. The van der Waals surface area contributed by atoms with Crippen molar-refractivity contribution in [1.29, 1.82) is 0 Å². The van der Waals surface area contributed by atoms with Crippen molar-refractivity contribution in [3.8, 4) is 5.75 Å². The molecule has 0 amide bonds. The lowest BCUT2D eigenvalue weighted by atomic mass is 10.1. The molecule has 0 radical (unpaired) electrons. The number of esters is 1. The van der Waals surface area contributed by atoms with Crippen molar-refractivity contribution in [2.75, 3.05) is 7.11 Å². The van der Waals surface area contributed by atoms with Crippen molar-refractivity contribution in [3.63, 3.8) is 0 Å². The maximum absolute atomic E-state index is 12.1. The minimum atomic E-state index is -5.14. The average molecular weight is 280 g/mol. The van der Waals surface area contributed by atoms with Crippen molar-refractivity contribution in [1.82, 2.24) is 4.98 Å². The number of methoxy groups -OCH3 is 1. The van der Waals surface area contributed by atoms with E-state index >= 15 is 0 Å². The fraction of sp³-hybridized carbons (Fsp3) is 0.333. The zero-order chi connectivity index (χ0) is 14.8. The van der Waals surface area contributed by atoms with E-state index in [1.165, 1.54) is 6.92 Å². The van der Waals surface area contributed by atoms with Gasteiger partial charge >= 0.3 is 18.0 Å². The Kier molecular flexibility index (Phi) is 3.92. The molecule has 0 aromatic carbocycles. The zero-order valence-electron chi connectivity index (χ0n) is 9.65. The quantitative estimate of drug-likeness (QED) is 0.477. The first kappa shape index (κ1) is 14.7. The first-order valence-electron chi connectivity index (χ1n) is 4.65. The topological polar surface area (TPSA) is 91.6 Å². The predicted octanol–water partition coefficient (Wildman–Crippen LogP) is 1.98. The fourth-order valence-corrected chi connectivity index (χ4v) is 1.30. The van der Waals surface area contributed by atoms with Gasteiger partial charge in [-0.25, -0.2) is 4.79 Å². The summed E-state index contributed by atoms with van der Waals surface area (Å²) in [4.78, 5) is 24.5. The first-order valence-corrected chi connectivity index (χ1v) is 4.65. The van der Waals surface area contributed by atoms with E-state index in [2.05, 4.69) is 14.5 Å². The molecule has 1 rings (SSSR count). The Morgan fingerprint density at radius 2 is 2.05 bits per heavy atom. The van der Waals surface area contributed by atoms with Gasteiger partial charge < -0.3 is 9.47 Å². The zero-order valence-corrected chi connectivity index (χ0v) is 9.65. The van der Waals surface area contributed by atoms with Crippen molar-refractivity contribution < 1.29 is 32.4 Å². The lowest BCUT2D eigenvalue weighted by Gasteiger charge is -2.11. The molecule has 0 atom stereocenters. The summed E-state index contributed by atoms with van der Waals surface area (Å²) in [6.07, 6.45) is -4.62. The average Bonchev–Trinajstić information content (AvgIpc) is 2.27. The third-order valence-electron chi connectivity index (χ3n) is 2.01. The maximum atomic E-state index is 12.1. The van der Waals surface area contributed by atoms with E-state index < -0.39 is 34.3 Å². The molecule has 0 aliphatic rings. The molecule has 0 aliphatic heterocycles. The maximum Gasteiger partial charge on any atom is 0.573 e. The number of alkyl halides is 3. The molecule has 0 aliphatic carbocycles. The van der Waals surface area contributed by atoms with Crippen molar-refractivity contribution >= 4 is 11.7 Å². The number of nitro groups is 1. The van der Waals surface area contributed by atoms with Crippen LogP contribution in [0.5, 0.6) is 5.75 Å². The SMILES string of the molecule is COC(=O)c1c(C)ncc(OC(F)(F)F)c1[N+](=O)[O-]. The molecular formula is C9H7F3N2O5. The van der Waals surface area contributed by atoms with Gasteiger partial charge in [-0.15, -0.1) is 13.2 Å². The van der Waals surface area contributed by atoms with Gasteiger partial charge in [-0.1, -0.05) is 0 Å². The molecule has 1 heterocycles. The Labute approximate surface area is 104 Å².